The SMILES string of the molecule is N#CC(C#N)=NNc1c(CC(=O)O)cccc1C(=O)c1ccccc1. The summed E-state index contributed by atoms with van der Waals surface area (Å²) in [7, 11) is 0. The van der Waals surface area contributed by atoms with Crippen molar-refractivity contribution in [2.24, 2.45) is 5.10 Å². The lowest BCUT2D eigenvalue weighted by Crippen LogP contribution is -2.11. The number of carboxylic acid groups (broad SMARTS) is 1. The lowest BCUT2D eigenvalue weighted by molar-refractivity contribution is -0.136. The number of hydrogen-bond donors (Lipinski definition) is 2. The van der Waals surface area contributed by atoms with Gasteiger partial charge < -0.3 is 5.11 Å². The summed E-state index contributed by atoms with van der Waals surface area (Å²) >= 11 is 0. The lowest BCUT2D eigenvalue weighted by Gasteiger charge is -2.12. The predicted octanol–water partition coefficient (Wildman–Crippen LogP) is 2.36. The standard InChI is InChI=1S/C18H12N4O3/c19-10-14(11-20)21-22-17-13(9-16(23)24)7-4-8-15(17)18(25)12-5-2-1-3-6-12/h1-8,22H,9H2,(H,23,24). The summed E-state index contributed by atoms with van der Waals surface area (Å²) in [5.41, 5.74) is 3.14. The number of carboxylic acids is 1. The number of anilines is 1. The second kappa shape index (κ2) is 8.04. The van der Waals surface area contributed by atoms with Crippen LogP contribution in [0.2, 0.25) is 0 Å². The monoisotopic (exact) mass is 332 g/mol. The largest absolute Gasteiger partial charge is 0.481 e. The van der Waals surface area contributed by atoms with Gasteiger partial charge >= 0.3 is 5.97 Å². The molecule has 0 radical (unpaired) electrons. The zero-order valence-corrected chi connectivity index (χ0v) is 12.9. The van der Waals surface area contributed by atoms with E-state index in [0.717, 1.165) is 0 Å². The van der Waals surface area contributed by atoms with Crippen molar-refractivity contribution < 1.29 is 14.7 Å². The molecule has 0 amide bonds. The zero-order chi connectivity index (χ0) is 18.2. The van der Waals surface area contributed by atoms with Crippen LogP contribution in [0.4, 0.5) is 5.69 Å². The highest BCUT2D eigenvalue weighted by atomic mass is 16.4. The van der Waals surface area contributed by atoms with Gasteiger partial charge in [0.2, 0.25) is 5.71 Å². The second-order valence-electron chi connectivity index (χ2n) is 4.90. The minimum Gasteiger partial charge on any atom is -0.481 e. The van der Waals surface area contributed by atoms with Crippen LogP contribution in [0.5, 0.6) is 0 Å². The Balaban J connectivity index is 2.54. The number of aliphatic carboxylic acids is 1. The van der Waals surface area contributed by atoms with Crippen molar-refractivity contribution in [1.29, 1.82) is 10.5 Å². The molecule has 25 heavy (non-hydrogen) atoms. The molecule has 0 spiro atoms. The van der Waals surface area contributed by atoms with Crippen LogP contribution < -0.4 is 5.43 Å². The Hall–Kier alpha value is -3.97. The van der Waals surface area contributed by atoms with Crippen LogP contribution >= 0.6 is 0 Å². The summed E-state index contributed by atoms with van der Waals surface area (Å²) in [6.07, 6.45) is -0.345. The summed E-state index contributed by atoms with van der Waals surface area (Å²) in [6.45, 7) is 0. The Labute approximate surface area is 143 Å². The van der Waals surface area contributed by atoms with Crippen LogP contribution in [-0.2, 0) is 11.2 Å². The van der Waals surface area contributed by atoms with Gasteiger partial charge in [0.1, 0.15) is 12.1 Å². The first-order valence-electron chi connectivity index (χ1n) is 7.14. The Bertz CT molecular complexity index is 906. The molecule has 0 saturated heterocycles. The number of nitriles is 2. The summed E-state index contributed by atoms with van der Waals surface area (Å²) in [4.78, 5) is 23.8. The Morgan fingerprint density at radius 3 is 2.32 bits per heavy atom. The fraction of sp³-hybridized carbons (Fsp3) is 0.0556. The molecular weight excluding hydrogens is 320 g/mol. The number of benzene rings is 2. The highest BCUT2D eigenvalue weighted by Gasteiger charge is 2.18. The van der Waals surface area contributed by atoms with Crippen molar-refractivity contribution in [2.45, 2.75) is 6.42 Å². The number of para-hydroxylation sites is 1. The van der Waals surface area contributed by atoms with Crippen molar-refractivity contribution in [1.82, 2.24) is 0 Å². The molecule has 2 aromatic carbocycles. The van der Waals surface area contributed by atoms with E-state index in [1.165, 1.54) is 12.1 Å². The molecule has 0 aromatic heterocycles. The molecule has 0 saturated carbocycles. The maximum absolute atomic E-state index is 12.7. The van der Waals surface area contributed by atoms with Crippen LogP contribution in [0, 0.1) is 22.7 Å². The molecule has 0 aliphatic heterocycles. The average Bonchev–Trinajstić information content (AvgIpc) is 2.63. The van der Waals surface area contributed by atoms with Crippen LogP contribution in [-0.4, -0.2) is 22.6 Å². The third kappa shape index (κ3) is 4.27. The van der Waals surface area contributed by atoms with Crippen molar-refractivity contribution in [3.8, 4) is 12.1 Å². The van der Waals surface area contributed by atoms with Crippen LogP contribution in [0.15, 0.2) is 53.6 Å². The van der Waals surface area contributed by atoms with Crippen molar-refractivity contribution in [2.75, 3.05) is 5.43 Å². The number of carbonyl (C=O) groups is 2. The van der Waals surface area contributed by atoms with Gasteiger partial charge in [-0.05, 0) is 11.6 Å². The first kappa shape index (κ1) is 17.4. The van der Waals surface area contributed by atoms with Gasteiger partial charge in [-0.1, -0.05) is 42.5 Å². The fourth-order valence-corrected chi connectivity index (χ4v) is 2.16. The number of hydrogen-bond acceptors (Lipinski definition) is 6. The molecule has 0 heterocycles. The lowest BCUT2D eigenvalue weighted by atomic mass is 9.97. The average molecular weight is 332 g/mol. The van der Waals surface area contributed by atoms with Crippen molar-refractivity contribution >= 4 is 23.2 Å². The van der Waals surface area contributed by atoms with E-state index in [-0.39, 0.29) is 23.5 Å². The minimum absolute atomic E-state index is 0.154. The first-order valence-corrected chi connectivity index (χ1v) is 7.14. The molecule has 2 rings (SSSR count). The van der Waals surface area contributed by atoms with Gasteiger partial charge in [-0.15, -0.1) is 0 Å². The minimum atomic E-state index is -1.09. The summed E-state index contributed by atoms with van der Waals surface area (Å²) < 4.78 is 0. The van der Waals surface area contributed by atoms with Gasteiger partial charge in [0.05, 0.1) is 12.1 Å². The van der Waals surface area contributed by atoms with E-state index in [2.05, 4.69) is 10.5 Å². The highest BCUT2D eigenvalue weighted by Crippen LogP contribution is 2.25. The van der Waals surface area contributed by atoms with Crippen molar-refractivity contribution in [3.63, 3.8) is 0 Å². The first-order chi connectivity index (χ1) is 12.1. The van der Waals surface area contributed by atoms with Crippen LogP contribution in [0.1, 0.15) is 21.5 Å². The highest BCUT2D eigenvalue weighted by molar-refractivity contribution is 6.13. The molecule has 0 bridgehead atoms. The van der Waals surface area contributed by atoms with Gasteiger partial charge in [0.25, 0.3) is 0 Å². The quantitative estimate of drug-likeness (QED) is 0.475. The Morgan fingerprint density at radius 2 is 1.72 bits per heavy atom. The molecule has 0 unspecified atom stereocenters. The van der Waals surface area contributed by atoms with E-state index in [1.807, 2.05) is 0 Å². The van der Waals surface area contributed by atoms with E-state index in [4.69, 9.17) is 15.6 Å². The summed E-state index contributed by atoms with van der Waals surface area (Å²) in [5.74, 6) is -1.42. The number of nitrogens with zero attached hydrogens (tertiary/aromatic N) is 3. The van der Waals surface area contributed by atoms with Gasteiger partial charge in [0, 0.05) is 11.1 Å². The van der Waals surface area contributed by atoms with Gasteiger partial charge in [-0.25, -0.2) is 0 Å². The topological polar surface area (TPSA) is 126 Å². The number of carbonyl (C=O) groups excluding carboxylic acids is 1. The molecule has 7 heteroatoms. The second-order valence-corrected chi connectivity index (χ2v) is 4.90. The van der Waals surface area contributed by atoms with Gasteiger partial charge in [-0.3, -0.25) is 15.0 Å². The summed E-state index contributed by atoms with van der Waals surface area (Å²) in [5, 5.41) is 30.2. The van der Waals surface area contributed by atoms with E-state index in [9.17, 15) is 9.59 Å². The zero-order valence-electron chi connectivity index (χ0n) is 12.9. The molecule has 0 aliphatic rings. The predicted molar refractivity (Wildman–Crippen MR) is 89.9 cm³/mol. The Morgan fingerprint density at radius 1 is 1.04 bits per heavy atom. The van der Waals surface area contributed by atoms with Gasteiger partial charge in [-0.2, -0.15) is 15.6 Å². The molecule has 2 aromatic rings. The number of ketones is 1. The van der Waals surface area contributed by atoms with Gasteiger partial charge in [0.15, 0.2) is 5.78 Å². The van der Waals surface area contributed by atoms with E-state index >= 15 is 0 Å². The third-order valence-electron chi connectivity index (χ3n) is 3.26. The van der Waals surface area contributed by atoms with Crippen LogP contribution in [0.25, 0.3) is 0 Å². The fourth-order valence-electron chi connectivity index (χ4n) is 2.16. The molecule has 122 valence electrons. The molecule has 7 nitrogen and oxygen atoms in total. The summed E-state index contributed by atoms with van der Waals surface area (Å²) in [6, 6.07) is 16.3. The Kier molecular flexibility index (Phi) is 5.59. The van der Waals surface area contributed by atoms with E-state index < -0.39 is 11.7 Å². The maximum atomic E-state index is 12.7. The number of rotatable bonds is 6. The number of nitrogens with one attached hydrogen (secondary N) is 1. The molecule has 2 N–H and O–H groups in total. The van der Waals surface area contributed by atoms with Crippen molar-refractivity contribution in [3.05, 3.63) is 65.2 Å². The number of hydrazone groups is 1. The maximum Gasteiger partial charge on any atom is 0.307 e. The molecular formula is C18H12N4O3. The smallest absolute Gasteiger partial charge is 0.307 e. The molecule has 0 atom stereocenters. The van der Waals surface area contributed by atoms with Crippen LogP contribution in [0.3, 0.4) is 0 Å². The van der Waals surface area contributed by atoms with E-state index in [1.54, 1.807) is 48.5 Å². The molecule has 0 fully saturated rings. The third-order valence-corrected chi connectivity index (χ3v) is 3.26. The molecule has 0 aliphatic carbocycles. The van der Waals surface area contributed by atoms with E-state index in [0.29, 0.717) is 11.1 Å². The normalized spacial score (nSPS) is 9.36.